The number of hydrogen-bond acceptors (Lipinski definition) is 1. The highest BCUT2D eigenvalue weighted by Crippen LogP contribution is 2.30. The van der Waals surface area contributed by atoms with Crippen molar-refractivity contribution in [2.45, 2.75) is 45.6 Å². The average Bonchev–Trinajstić information content (AvgIpc) is 2.63. The Kier molecular flexibility index (Phi) is 3.29. The first-order chi connectivity index (χ1) is 7.25. The van der Waals surface area contributed by atoms with E-state index in [9.17, 15) is 4.79 Å². The molecule has 1 aliphatic carbocycles. The normalized spacial score (nSPS) is 26.7. The van der Waals surface area contributed by atoms with Gasteiger partial charge in [0.25, 0.3) is 0 Å². The Hall–Kier alpha value is -0.990. The third kappa shape index (κ3) is 2.74. The van der Waals surface area contributed by atoms with Gasteiger partial charge in [0, 0.05) is 18.9 Å². The third-order valence-corrected chi connectivity index (χ3v) is 3.64. The van der Waals surface area contributed by atoms with Gasteiger partial charge in [-0.3, -0.25) is 4.57 Å². The molecule has 3 nitrogen and oxygen atoms in total. The Balaban J connectivity index is 1.79. The van der Waals surface area contributed by atoms with Gasteiger partial charge in [-0.2, -0.15) is 0 Å². The molecule has 1 aliphatic rings. The minimum absolute atomic E-state index is 0.0270. The lowest BCUT2D eigenvalue weighted by Crippen LogP contribution is -2.20. The largest absolute Gasteiger partial charge is 0.325 e. The minimum Gasteiger partial charge on any atom is -0.313 e. The zero-order chi connectivity index (χ0) is 10.7. The fourth-order valence-corrected chi connectivity index (χ4v) is 2.46. The lowest BCUT2D eigenvalue weighted by molar-refractivity contribution is 0.268. The molecule has 0 bridgehead atoms. The summed E-state index contributed by atoms with van der Waals surface area (Å²) in [6.07, 6.45) is 10.1. The van der Waals surface area contributed by atoms with E-state index in [1.54, 1.807) is 10.8 Å². The van der Waals surface area contributed by atoms with Gasteiger partial charge in [0.1, 0.15) is 0 Å². The van der Waals surface area contributed by atoms with Crippen molar-refractivity contribution >= 4 is 0 Å². The van der Waals surface area contributed by atoms with Gasteiger partial charge in [0.05, 0.1) is 0 Å². The molecule has 0 spiro atoms. The molecule has 0 aliphatic heterocycles. The lowest BCUT2D eigenvalue weighted by atomic mass is 9.81. The standard InChI is InChI=1S/C12H20N2O/c1-10-2-4-11(5-3-10)6-8-14-9-7-13-12(14)15/h7,9-11H,2-6,8H2,1H3,(H,13,15). The number of hydrogen-bond donors (Lipinski definition) is 1. The van der Waals surface area contributed by atoms with Crippen molar-refractivity contribution < 1.29 is 0 Å². The second-order valence-electron chi connectivity index (χ2n) is 4.87. The highest BCUT2D eigenvalue weighted by Gasteiger charge is 2.17. The number of imidazole rings is 1. The average molecular weight is 208 g/mol. The summed E-state index contributed by atoms with van der Waals surface area (Å²) in [5, 5.41) is 0. The molecule has 1 saturated carbocycles. The lowest BCUT2D eigenvalue weighted by Gasteiger charge is -2.25. The summed E-state index contributed by atoms with van der Waals surface area (Å²) in [4.78, 5) is 13.9. The summed E-state index contributed by atoms with van der Waals surface area (Å²) in [6.45, 7) is 3.22. The Morgan fingerprint density at radius 3 is 2.73 bits per heavy atom. The van der Waals surface area contributed by atoms with Crippen LogP contribution in [-0.4, -0.2) is 9.55 Å². The molecule has 15 heavy (non-hydrogen) atoms. The van der Waals surface area contributed by atoms with Gasteiger partial charge in [-0.15, -0.1) is 0 Å². The molecule has 0 amide bonds. The SMILES string of the molecule is CC1CCC(CCn2cc[nH]c2=O)CC1. The predicted octanol–water partition coefficient (Wildman–Crippen LogP) is 2.39. The monoisotopic (exact) mass is 208 g/mol. The van der Waals surface area contributed by atoms with Crippen LogP contribution in [-0.2, 0) is 6.54 Å². The smallest absolute Gasteiger partial charge is 0.313 e. The molecule has 2 rings (SSSR count). The van der Waals surface area contributed by atoms with Gasteiger partial charge in [-0.05, 0) is 18.3 Å². The van der Waals surface area contributed by atoms with Crippen molar-refractivity contribution in [2.24, 2.45) is 11.8 Å². The fourth-order valence-electron chi connectivity index (χ4n) is 2.46. The molecule has 3 heteroatoms. The number of aryl methyl sites for hydroxylation is 1. The van der Waals surface area contributed by atoms with Crippen LogP contribution < -0.4 is 5.69 Å². The van der Waals surface area contributed by atoms with Crippen molar-refractivity contribution in [1.82, 2.24) is 9.55 Å². The fraction of sp³-hybridized carbons (Fsp3) is 0.750. The van der Waals surface area contributed by atoms with Crippen molar-refractivity contribution in [1.29, 1.82) is 0 Å². The number of aromatic nitrogens is 2. The molecule has 1 aromatic heterocycles. The molecule has 1 aromatic rings. The van der Waals surface area contributed by atoms with E-state index in [0.29, 0.717) is 0 Å². The highest BCUT2D eigenvalue weighted by atomic mass is 16.1. The zero-order valence-corrected chi connectivity index (χ0v) is 9.41. The maximum atomic E-state index is 11.3. The maximum absolute atomic E-state index is 11.3. The summed E-state index contributed by atoms with van der Waals surface area (Å²) in [6, 6.07) is 0. The van der Waals surface area contributed by atoms with Crippen molar-refractivity contribution in [2.75, 3.05) is 0 Å². The number of aromatic amines is 1. The minimum atomic E-state index is 0.0270. The molecular formula is C12H20N2O. The number of nitrogens with zero attached hydrogens (tertiary/aromatic N) is 1. The van der Waals surface area contributed by atoms with Gasteiger partial charge >= 0.3 is 5.69 Å². The van der Waals surface area contributed by atoms with Gasteiger partial charge in [-0.1, -0.05) is 32.6 Å². The molecule has 1 heterocycles. The number of H-pyrrole nitrogens is 1. The van der Waals surface area contributed by atoms with Crippen molar-refractivity contribution in [3.63, 3.8) is 0 Å². The maximum Gasteiger partial charge on any atom is 0.325 e. The van der Waals surface area contributed by atoms with E-state index in [0.717, 1.165) is 24.8 Å². The Labute approximate surface area is 90.5 Å². The molecule has 0 unspecified atom stereocenters. The molecule has 0 aromatic carbocycles. The summed E-state index contributed by atoms with van der Waals surface area (Å²) < 4.78 is 1.78. The molecule has 1 N–H and O–H groups in total. The topological polar surface area (TPSA) is 37.8 Å². The summed E-state index contributed by atoms with van der Waals surface area (Å²) >= 11 is 0. The van der Waals surface area contributed by atoms with Gasteiger partial charge in [-0.25, -0.2) is 4.79 Å². The van der Waals surface area contributed by atoms with E-state index >= 15 is 0 Å². The Bertz CT molecular complexity index is 345. The molecule has 84 valence electrons. The Morgan fingerprint density at radius 1 is 1.40 bits per heavy atom. The first-order valence-electron chi connectivity index (χ1n) is 5.99. The first kappa shape index (κ1) is 10.5. The highest BCUT2D eigenvalue weighted by molar-refractivity contribution is 4.77. The van der Waals surface area contributed by atoms with Crippen LogP contribution in [0.5, 0.6) is 0 Å². The summed E-state index contributed by atoms with van der Waals surface area (Å²) in [5.74, 6) is 1.75. The quantitative estimate of drug-likeness (QED) is 0.813. The summed E-state index contributed by atoms with van der Waals surface area (Å²) in [5.41, 5.74) is 0.0270. The van der Waals surface area contributed by atoms with E-state index in [4.69, 9.17) is 0 Å². The third-order valence-electron chi connectivity index (χ3n) is 3.64. The molecule has 0 radical (unpaired) electrons. The van der Waals surface area contributed by atoms with E-state index in [1.165, 1.54) is 25.7 Å². The van der Waals surface area contributed by atoms with E-state index in [2.05, 4.69) is 11.9 Å². The van der Waals surface area contributed by atoms with E-state index in [1.807, 2.05) is 6.20 Å². The van der Waals surface area contributed by atoms with Crippen LogP contribution in [0.1, 0.15) is 39.0 Å². The van der Waals surface area contributed by atoms with Crippen molar-refractivity contribution in [3.8, 4) is 0 Å². The van der Waals surface area contributed by atoms with Crippen LogP contribution in [0.4, 0.5) is 0 Å². The van der Waals surface area contributed by atoms with E-state index < -0.39 is 0 Å². The van der Waals surface area contributed by atoms with Crippen LogP contribution in [0.2, 0.25) is 0 Å². The first-order valence-corrected chi connectivity index (χ1v) is 5.99. The number of nitrogens with one attached hydrogen (secondary N) is 1. The zero-order valence-electron chi connectivity index (χ0n) is 9.41. The van der Waals surface area contributed by atoms with Gasteiger partial charge in [0.15, 0.2) is 0 Å². The van der Waals surface area contributed by atoms with Crippen LogP contribution in [0.3, 0.4) is 0 Å². The van der Waals surface area contributed by atoms with Gasteiger partial charge < -0.3 is 4.98 Å². The number of rotatable bonds is 3. The second-order valence-corrected chi connectivity index (χ2v) is 4.87. The Morgan fingerprint density at radius 2 is 2.13 bits per heavy atom. The van der Waals surface area contributed by atoms with Gasteiger partial charge in [0.2, 0.25) is 0 Å². The van der Waals surface area contributed by atoms with Crippen LogP contribution in [0, 0.1) is 11.8 Å². The van der Waals surface area contributed by atoms with Crippen LogP contribution in [0.15, 0.2) is 17.2 Å². The van der Waals surface area contributed by atoms with Crippen LogP contribution >= 0.6 is 0 Å². The van der Waals surface area contributed by atoms with Crippen LogP contribution in [0.25, 0.3) is 0 Å². The molecule has 0 saturated heterocycles. The molecule has 1 fully saturated rings. The predicted molar refractivity (Wildman–Crippen MR) is 60.8 cm³/mol. The van der Waals surface area contributed by atoms with Crippen molar-refractivity contribution in [3.05, 3.63) is 22.9 Å². The second kappa shape index (κ2) is 4.69. The molecule has 0 atom stereocenters. The summed E-state index contributed by atoms with van der Waals surface area (Å²) in [7, 11) is 0. The van der Waals surface area contributed by atoms with E-state index in [-0.39, 0.29) is 5.69 Å². The molecular weight excluding hydrogens is 188 g/mol.